The lowest BCUT2D eigenvalue weighted by Crippen LogP contribution is -2.41. The molecule has 1 aliphatic carbocycles. The maximum Gasteiger partial charge on any atom is 0.152 e. The van der Waals surface area contributed by atoms with Gasteiger partial charge < -0.3 is 4.74 Å². The number of hydrogen-bond donors (Lipinski definition) is 0. The third kappa shape index (κ3) is 1.38. The van der Waals surface area contributed by atoms with E-state index >= 15 is 0 Å². The van der Waals surface area contributed by atoms with Crippen LogP contribution in [0, 0.1) is 5.41 Å². The minimum Gasteiger partial charge on any atom is -0.358 e. The highest BCUT2D eigenvalue weighted by molar-refractivity contribution is 5.87. The van der Waals surface area contributed by atoms with Crippen LogP contribution in [0.4, 0.5) is 0 Å². The maximum absolute atomic E-state index is 11.0. The van der Waals surface area contributed by atoms with Crippen molar-refractivity contribution < 1.29 is 9.53 Å². The van der Waals surface area contributed by atoms with Crippen LogP contribution in [-0.2, 0) is 9.53 Å². The Morgan fingerprint density at radius 2 is 1.93 bits per heavy atom. The zero-order valence-electron chi connectivity index (χ0n) is 10.1. The second-order valence-electron chi connectivity index (χ2n) is 5.75. The standard InChI is InChI=1S/C13H20O2/c1-10(14)6-9-13-11(2,3)7-5-8-12(13,4)15-13/h6,9H,5,7-8H2,1-4H3/b9-6+/t12-,13+/m1/s1. The van der Waals surface area contributed by atoms with Gasteiger partial charge in [0.1, 0.15) is 5.60 Å². The van der Waals surface area contributed by atoms with Crippen molar-refractivity contribution in [3.8, 4) is 0 Å². The molecule has 1 saturated heterocycles. The lowest BCUT2D eigenvalue weighted by Gasteiger charge is -2.36. The van der Waals surface area contributed by atoms with Gasteiger partial charge in [-0.1, -0.05) is 13.8 Å². The molecular weight excluding hydrogens is 188 g/mol. The minimum atomic E-state index is -0.191. The molecule has 0 aromatic rings. The summed E-state index contributed by atoms with van der Waals surface area (Å²) in [4.78, 5) is 11.0. The van der Waals surface area contributed by atoms with Gasteiger partial charge in [0.15, 0.2) is 5.78 Å². The molecule has 2 fully saturated rings. The van der Waals surface area contributed by atoms with Gasteiger partial charge in [0.25, 0.3) is 0 Å². The molecule has 0 aromatic heterocycles. The topological polar surface area (TPSA) is 29.6 Å². The number of rotatable bonds is 2. The molecule has 2 nitrogen and oxygen atoms in total. The third-order valence-corrected chi connectivity index (χ3v) is 4.14. The number of hydrogen-bond acceptors (Lipinski definition) is 2. The lowest BCUT2D eigenvalue weighted by molar-refractivity contribution is -0.112. The second kappa shape index (κ2) is 2.94. The van der Waals surface area contributed by atoms with Gasteiger partial charge in [-0.15, -0.1) is 0 Å². The van der Waals surface area contributed by atoms with E-state index in [2.05, 4.69) is 20.8 Å². The van der Waals surface area contributed by atoms with Crippen LogP contribution in [-0.4, -0.2) is 17.0 Å². The van der Waals surface area contributed by atoms with Crippen molar-refractivity contribution in [2.45, 2.75) is 58.2 Å². The van der Waals surface area contributed by atoms with Crippen molar-refractivity contribution in [2.75, 3.05) is 0 Å². The predicted octanol–water partition coefficient (Wildman–Crippen LogP) is 2.87. The number of epoxide rings is 1. The largest absolute Gasteiger partial charge is 0.358 e. The summed E-state index contributed by atoms with van der Waals surface area (Å²) in [5.41, 5.74) is -0.0728. The van der Waals surface area contributed by atoms with E-state index in [-0.39, 0.29) is 22.4 Å². The van der Waals surface area contributed by atoms with Crippen LogP contribution < -0.4 is 0 Å². The van der Waals surface area contributed by atoms with Crippen molar-refractivity contribution in [3.05, 3.63) is 12.2 Å². The summed E-state index contributed by atoms with van der Waals surface area (Å²) in [5.74, 6) is 0.101. The first kappa shape index (κ1) is 10.9. The fourth-order valence-corrected chi connectivity index (χ4v) is 3.14. The van der Waals surface area contributed by atoms with Gasteiger partial charge in [-0.05, 0) is 45.3 Å². The van der Waals surface area contributed by atoms with Gasteiger partial charge >= 0.3 is 0 Å². The average Bonchev–Trinajstić information content (AvgIpc) is 2.70. The molecule has 0 radical (unpaired) electrons. The number of ether oxygens (including phenoxy) is 1. The first-order chi connectivity index (χ1) is 6.83. The molecule has 84 valence electrons. The van der Waals surface area contributed by atoms with E-state index in [4.69, 9.17) is 4.74 Å². The Balaban J connectivity index is 2.29. The highest BCUT2D eigenvalue weighted by atomic mass is 16.6. The normalized spacial score (nSPS) is 42.7. The first-order valence-corrected chi connectivity index (χ1v) is 5.73. The van der Waals surface area contributed by atoms with E-state index in [1.165, 1.54) is 12.8 Å². The highest BCUT2D eigenvalue weighted by Crippen LogP contribution is 2.65. The van der Waals surface area contributed by atoms with Crippen LogP contribution in [0.15, 0.2) is 12.2 Å². The zero-order chi connectivity index (χ0) is 11.3. The summed E-state index contributed by atoms with van der Waals surface area (Å²) in [6, 6.07) is 0. The predicted molar refractivity (Wildman–Crippen MR) is 59.7 cm³/mol. The molecule has 15 heavy (non-hydrogen) atoms. The average molecular weight is 208 g/mol. The zero-order valence-corrected chi connectivity index (χ0v) is 10.1. The van der Waals surface area contributed by atoms with Gasteiger partial charge in [-0.25, -0.2) is 0 Å². The molecule has 2 atom stereocenters. The lowest BCUT2D eigenvalue weighted by atomic mass is 9.64. The molecule has 2 rings (SSSR count). The quantitative estimate of drug-likeness (QED) is 0.516. The third-order valence-electron chi connectivity index (χ3n) is 4.14. The van der Waals surface area contributed by atoms with E-state index in [0.29, 0.717) is 0 Å². The Morgan fingerprint density at radius 3 is 2.47 bits per heavy atom. The number of allylic oxidation sites excluding steroid dienone is 1. The molecule has 1 saturated carbocycles. The molecule has 0 bridgehead atoms. The Bertz CT molecular complexity index is 329. The smallest absolute Gasteiger partial charge is 0.152 e. The monoisotopic (exact) mass is 208 g/mol. The van der Waals surface area contributed by atoms with E-state index in [1.54, 1.807) is 13.0 Å². The number of fused-ring (bicyclic) bond motifs is 1. The van der Waals surface area contributed by atoms with Crippen molar-refractivity contribution in [3.63, 3.8) is 0 Å². The van der Waals surface area contributed by atoms with Crippen LogP contribution in [0.2, 0.25) is 0 Å². The van der Waals surface area contributed by atoms with E-state index < -0.39 is 0 Å². The Morgan fingerprint density at radius 1 is 1.27 bits per heavy atom. The molecule has 1 aliphatic heterocycles. The van der Waals surface area contributed by atoms with Gasteiger partial charge in [0.05, 0.1) is 5.60 Å². The summed E-state index contributed by atoms with van der Waals surface area (Å²) in [6.45, 7) is 8.23. The van der Waals surface area contributed by atoms with Crippen LogP contribution in [0.5, 0.6) is 0 Å². The molecule has 0 spiro atoms. The maximum atomic E-state index is 11.0. The molecule has 0 N–H and O–H groups in total. The van der Waals surface area contributed by atoms with Crippen LogP contribution >= 0.6 is 0 Å². The summed E-state index contributed by atoms with van der Waals surface area (Å²) in [6.07, 6.45) is 7.16. The number of ketones is 1. The first-order valence-electron chi connectivity index (χ1n) is 5.73. The summed E-state index contributed by atoms with van der Waals surface area (Å²) in [7, 11) is 0. The number of carbonyl (C=O) groups is 1. The minimum absolute atomic E-state index is 0.0271. The molecular formula is C13H20O2. The second-order valence-corrected chi connectivity index (χ2v) is 5.75. The molecule has 0 aromatic carbocycles. The van der Waals surface area contributed by atoms with Crippen molar-refractivity contribution in [1.82, 2.24) is 0 Å². The molecule has 1 heterocycles. The van der Waals surface area contributed by atoms with Crippen molar-refractivity contribution in [1.29, 1.82) is 0 Å². The Hall–Kier alpha value is -0.630. The van der Waals surface area contributed by atoms with E-state index in [0.717, 1.165) is 6.42 Å². The Kier molecular flexibility index (Phi) is 2.13. The van der Waals surface area contributed by atoms with E-state index in [9.17, 15) is 4.79 Å². The summed E-state index contributed by atoms with van der Waals surface area (Å²) < 4.78 is 5.98. The van der Waals surface area contributed by atoms with Gasteiger partial charge in [0.2, 0.25) is 0 Å². The van der Waals surface area contributed by atoms with Crippen molar-refractivity contribution in [2.24, 2.45) is 5.41 Å². The highest BCUT2D eigenvalue weighted by Gasteiger charge is 2.73. The molecule has 0 unspecified atom stereocenters. The fourth-order valence-electron chi connectivity index (χ4n) is 3.14. The van der Waals surface area contributed by atoms with Gasteiger partial charge in [-0.2, -0.15) is 0 Å². The molecule has 0 amide bonds. The molecule has 2 aliphatic rings. The van der Waals surface area contributed by atoms with Gasteiger partial charge in [0, 0.05) is 5.41 Å². The number of carbonyl (C=O) groups excluding carboxylic acids is 1. The van der Waals surface area contributed by atoms with Crippen LogP contribution in [0.3, 0.4) is 0 Å². The van der Waals surface area contributed by atoms with E-state index in [1.807, 2.05) is 6.08 Å². The summed E-state index contributed by atoms with van der Waals surface area (Å²) >= 11 is 0. The van der Waals surface area contributed by atoms with Crippen LogP contribution in [0.25, 0.3) is 0 Å². The van der Waals surface area contributed by atoms with Crippen LogP contribution in [0.1, 0.15) is 47.0 Å². The van der Waals surface area contributed by atoms with Gasteiger partial charge in [-0.3, -0.25) is 4.79 Å². The van der Waals surface area contributed by atoms with Crippen molar-refractivity contribution >= 4 is 5.78 Å². The SMILES string of the molecule is CC(=O)/C=C/[C@@]12O[C@]1(C)CCCC2(C)C. The summed E-state index contributed by atoms with van der Waals surface area (Å²) in [5, 5.41) is 0. The fraction of sp³-hybridized carbons (Fsp3) is 0.769. The Labute approximate surface area is 91.7 Å². The molecule has 2 heteroatoms.